The molecule has 0 aromatic heterocycles. The average molecular weight is 205 g/mol. The molecule has 0 aliphatic heterocycles. The number of anilines is 1. The fourth-order valence-corrected chi connectivity index (χ4v) is 1.18. The first-order chi connectivity index (χ1) is 7.04. The normalized spacial score (nSPS) is 11.7. The van der Waals surface area contributed by atoms with Gasteiger partial charge in [-0.1, -0.05) is 6.07 Å². The molecule has 78 valence electrons. The molecular formula is C10H11N3O2. The Morgan fingerprint density at radius 2 is 2.27 bits per heavy atom. The molecule has 5 nitrogen and oxygen atoms in total. The minimum Gasteiger partial charge on any atom is -0.480 e. The van der Waals surface area contributed by atoms with Crippen molar-refractivity contribution in [1.29, 1.82) is 5.26 Å². The number of nitrogen functional groups attached to an aromatic ring is 1. The molecular weight excluding hydrogens is 194 g/mol. The van der Waals surface area contributed by atoms with Gasteiger partial charge in [-0.2, -0.15) is 5.26 Å². The fraction of sp³-hybridized carbons (Fsp3) is 0.200. The third-order valence-corrected chi connectivity index (χ3v) is 2.01. The van der Waals surface area contributed by atoms with E-state index in [2.05, 4.69) is 0 Å². The monoisotopic (exact) mass is 205 g/mol. The number of hydrogen-bond donors (Lipinski definition) is 3. The quantitative estimate of drug-likeness (QED) is 0.605. The molecule has 5 heteroatoms. The van der Waals surface area contributed by atoms with Crippen LogP contribution in [-0.2, 0) is 11.2 Å². The van der Waals surface area contributed by atoms with Gasteiger partial charge in [0.1, 0.15) is 12.1 Å². The van der Waals surface area contributed by atoms with E-state index in [9.17, 15) is 4.79 Å². The van der Waals surface area contributed by atoms with Gasteiger partial charge in [-0.25, -0.2) is 0 Å². The van der Waals surface area contributed by atoms with Gasteiger partial charge in [0.15, 0.2) is 0 Å². The second-order valence-electron chi connectivity index (χ2n) is 3.18. The SMILES string of the molecule is N#Cc1ccc(C[C@H](N)C(=O)O)cc1N. The van der Waals surface area contributed by atoms with Crippen molar-refractivity contribution >= 4 is 11.7 Å². The van der Waals surface area contributed by atoms with Gasteiger partial charge in [0, 0.05) is 5.69 Å². The molecule has 0 bridgehead atoms. The number of aliphatic carboxylic acids is 1. The van der Waals surface area contributed by atoms with Crippen molar-refractivity contribution in [2.75, 3.05) is 5.73 Å². The van der Waals surface area contributed by atoms with E-state index in [0.717, 1.165) is 0 Å². The highest BCUT2D eigenvalue weighted by molar-refractivity contribution is 5.73. The number of rotatable bonds is 3. The molecule has 0 saturated heterocycles. The Morgan fingerprint density at radius 3 is 2.73 bits per heavy atom. The Morgan fingerprint density at radius 1 is 1.60 bits per heavy atom. The summed E-state index contributed by atoms with van der Waals surface area (Å²) in [4.78, 5) is 10.5. The lowest BCUT2D eigenvalue weighted by molar-refractivity contribution is -0.138. The summed E-state index contributed by atoms with van der Waals surface area (Å²) >= 11 is 0. The van der Waals surface area contributed by atoms with Gasteiger partial charge < -0.3 is 16.6 Å². The van der Waals surface area contributed by atoms with Crippen LogP contribution in [0.5, 0.6) is 0 Å². The maximum atomic E-state index is 10.5. The highest BCUT2D eigenvalue weighted by atomic mass is 16.4. The minimum absolute atomic E-state index is 0.200. The molecule has 0 fully saturated rings. The van der Waals surface area contributed by atoms with Crippen LogP contribution in [0.2, 0.25) is 0 Å². The summed E-state index contributed by atoms with van der Waals surface area (Å²) in [7, 11) is 0. The first-order valence-electron chi connectivity index (χ1n) is 4.31. The first kappa shape index (κ1) is 11.0. The van der Waals surface area contributed by atoms with Crippen LogP contribution in [0.25, 0.3) is 0 Å². The lowest BCUT2D eigenvalue weighted by Gasteiger charge is -2.07. The molecule has 0 heterocycles. The third kappa shape index (κ3) is 2.69. The van der Waals surface area contributed by atoms with Crippen molar-refractivity contribution in [2.24, 2.45) is 5.73 Å². The molecule has 0 unspecified atom stereocenters. The Kier molecular flexibility index (Phi) is 3.26. The molecule has 1 aromatic carbocycles. The summed E-state index contributed by atoms with van der Waals surface area (Å²) < 4.78 is 0. The molecule has 0 spiro atoms. The Balaban J connectivity index is 2.85. The van der Waals surface area contributed by atoms with Crippen LogP contribution in [0.1, 0.15) is 11.1 Å². The number of carbonyl (C=O) groups is 1. The molecule has 1 aromatic rings. The molecule has 5 N–H and O–H groups in total. The summed E-state index contributed by atoms with van der Waals surface area (Å²) in [6.45, 7) is 0. The van der Waals surface area contributed by atoms with Gasteiger partial charge >= 0.3 is 5.97 Å². The van der Waals surface area contributed by atoms with Crippen LogP contribution in [0.3, 0.4) is 0 Å². The maximum absolute atomic E-state index is 10.5. The zero-order chi connectivity index (χ0) is 11.4. The van der Waals surface area contributed by atoms with Crippen molar-refractivity contribution in [3.05, 3.63) is 29.3 Å². The molecule has 0 aliphatic carbocycles. The lowest BCUT2D eigenvalue weighted by Crippen LogP contribution is -2.32. The molecule has 1 atom stereocenters. The van der Waals surface area contributed by atoms with Crippen molar-refractivity contribution < 1.29 is 9.90 Å². The van der Waals surface area contributed by atoms with Gasteiger partial charge in [0.05, 0.1) is 5.56 Å². The van der Waals surface area contributed by atoms with Crippen LogP contribution >= 0.6 is 0 Å². The van der Waals surface area contributed by atoms with E-state index >= 15 is 0 Å². The zero-order valence-corrected chi connectivity index (χ0v) is 7.97. The standard InChI is InChI=1S/C10H11N3O2/c11-5-7-2-1-6(3-8(7)12)4-9(13)10(14)15/h1-3,9H,4,12-13H2,(H,14,15)/t9-/m0/s1. The van der Waals surface area contributed by atoms with Gasteiger partial charge in [0.2, 0.25) is 0 Å². The van der Waals surface area contributed by atoms with Crippen molar-refractivity contribution in [3.8, 4) is 6.07 Å². The van der Waals surface area contributed by atoms with E-state index in [0.29, 0.717) is 16.8 Å². The Labute approximate surface area is 86.9 Å². The van der Waals surface area contributed by atoms with E-state index < -0.39 is 12.0 Å². The van der Waals surface area contributed by atoms with E-state index in [1.165, 1.54) is 0 Å². The van der Waals surface area contributed by atoms with Crippen LogP contribution < -0.4 is 11.5 Å². The van der Waals surface area contributed by atoms with Crippen LogP contribution in [-0.4, -0.2) is 17.1 Å². The molecule has 15 heavy (non-hydrogen) atoms. The van der Waals surface area contributed by atoms with Crippen LogP contribution in [0, 0.1) is 11.3 Å². The van der Waals surface area contributed by atoms with E-state index in [4.69, 9.17) is 21.8 Å². The van der Waals surface area contributed by atoms with Gasteiger partial charge in [-0.05, 0) is 24.1 Å². The molecule has 0 amide bonds. The molecule has 0 radical (unpaired) electrons. The number of hydrogen-bond acceptors (Lipinski definition) is 4. The topological polar surface area (TPSA) is 113 Å². The number of nitrogens with zero attached hydrogens (tertiary/aromatic N) is 1. The smallest absolute Gasteiger partial charge is 0.320 e. The summed E-state index contributed by atoms with van der Waals surface area (Å²) in [6, 6.07) is 5.76. The fourth-order valence-electron chi connectivity index (χ4n) is 1.18. The largest absolute Gasteiger partial charge is 0.480 e. The summed E-state index contributed by atoms with van der Waals surface area (Å²) in [5.41, 5.74) is 12.4. The minimum atomic E-state index is -1.06. The highest BCUT2D eigenvalue weighted by Gasteiger charge is 2.12. The molecule has 1 rings (SSSR count). The lowest BCUT2D eigenvalue weighted by atomic mass is 10.0. The number of carboxylic acid groups (broad SMARTS) is 1. The van der Waals surface area contributed by atoms with Crippen LogP contribution in [0.15, 0.2) is 18.2 Å². The summed E-state index contributed by atoms with van der Waals surface area (Å²) in [6.07, 6.45) is 0.200. The van der Waals surface area contributed by atoms with Gasteiger partial charge in [0.25, 0.3) is 0 Å². The average Bonchev–Trinajstić information content (AvgIpc) is 2.18. The number of nitriles is 1. The molecule has 0 saturated carbocycles. The third-order valence-electron chi connectivity index (χ3n) is 2.01. The van der Waals surface area contributed by atoms with Gasteiger partial charge in [-0.15, -0.1) is 0 Å². The maximum Gasteiger partial charge on any atom is 0.320 e. The second kappa shape index (κ2) is 4.44. The summed E-state index contributed by atoms with van der Waals surface area (Å²) in [5.74, 6) is -1.06. The Hall–Kier alpha value is -2.06. The number of benzene rings is 1. The van der Waals surface area contributed by atoms with E-state index in [-0.39, 0.29) is 6.42 Å². The van der Waals surface area contributed by atoms with E-state index in [1.807, 2.05) is 6.07 Å². The molecule has 0 aliphatic rings. The number of carboxylic acids is 1. The van der Waals surface area contributed by atoms with Crippen molar-refractivity contribution in [2.45, 2.75) is 12.5 Å². The summed E-state index contributed by atoms with van der Waals surface area (Å²) in [5, 5.41) is 17.2. The van der Waals surface area contributed by atoms with E-state index in [1.54, 1.807) is 18.2 Å². The predicted molar refractivity (Wildman–Crippen MR) is 54.9 cm³/mol. The van der Waals surface area contributed by atoms with Gasteiger partial charge in [-0.3, -0.25) is 4.79 Å². The number of nitrogens with two attached hydrogens (primary N) is 2. The van der Waals surface area contributed by atoms with Crippen molar-refractivity contribution in [1.82, 2.24) is 0 Å². The first-order valence-corrected chi connectivity index (χ1v) is 4.31. The second-order valence-corrected chi connectivity index (χ2v) is 3.18. The predicted octanol–water partition coefficient (Wildman–Crippen LogP) is 0.0949. The Bertz CT molecular complexity index is 423. The zero-order valence-electron chi connectivity index (χ0n) is 7.97. The van der Waals surface area contributed by atoms with Crippen LogP contribution in [0.4, 0.5) is 5.69 Å². The highest BCUT2D eigenvalue weighted by Crippen LogP contribution is 2.14. The van der Waals surface area contributed by atoms with Crippen molar-refractivity contribution in [3.63, 3.8) is 0 Å².